The second kappa shape index (κ2) is 2.59. The Balaban J connectivity index is 2.38. The summed E-state index contributed by atoms with van der Waals surface area (Å²) in [6.07, 6.45) is 0. The maximum Gasteiger partial charge on any atom is 0.0471 e. The average Bonchev–Trinajstić information content (AvgIpc) is 2.62. The van der Waals surface area contributed by atoms with E-state index in [2.05, 4.69) is 44.4 Å². The van der Waals surface area contributed by atoms with Gasteiger partial charge in [-0.25, -0.2) is 0 Å². The summed E-state index contributed by atoms with van der Waals surface area (Å²) < 4.78 is 1.13. The molecule has 2 heterocycles. The number of benzene rings is 1. The number of aromatic nitrogens is 1. The molecule has 2 aromatic rings. The van der Waals surface area contributed by atoms with Crippen LogP contribution in [0.25, 0.3) is 10.9 Å². The van der Waals surface area contributed by atoms with E-state index in [1.807, 2.05) is 0 Å². The molecule has 0 radical (unpaired) electrons. The molecule has 0 aliphatic carbocycles. The van der Waals surface area contributed by atoms with Gasteiger partial charge >= 0.3 is 0 Å². The predicted octanol–water partition coefficient (Wildman–Crippen LogP) is 2.53. The molecule has 0 saturated carbocycles. The molecule has 2 nitrogen and oxygen atoms in total. The molecule has 0 bridgehead atoms. The Labute approximate surface area is 84.5 Å². The van der Waals surface area contributed by atoms with Crippen molar-refractivity contribution in [2.45, 2.75) is 13.1 Å². The zero-order valence-corrected chi connectivity index (χ0v) is 8.61. The minimum absolute atomic E-state index is 0.974. The molecule has 1 aliphatic rings. The fourth-order valence-corrected chi connectivity index (χ4v) is 2.31. The first-order valence-corrected chi connectivity index (χ1v) is 5.13. The molecule has 1 aliphatic heterocycles. The van der Waals surface area contributed by atoms with Crippen molar-refractivity contribution in [2.24, 2.45) is 0 Å². The van der Waals surface area contributed by atoms with Gasteiger partial charge in [0.1, 0.15) is 0 Å². The van der Waals surface area contributed by atoms with E-state index < -0.39 is 0 Å². The fourth-order valence-electron chi connectivity index (χ4n) is 1.95. The van der Waals surface area contributed by atoms with Crippen molar-refractivity contribution in [3.8, 4) is 0 Å². The molecular formula is C10H9BrN2. The summed E-state index contributed by atoms with van der Waals surface area (Å²) in [5, 5.41) is 4.68. The van der Waals surface area contributed by atoms with Crippen LogP contribution >= 0.6 is 15.9 Å². The Morgan fingerprint density at radius 2 is 2.15 bits per heavy atom. The normalized spacial score (nSPS) is 15.2. The van der Waals surface area contributed by atoms with E-state index in [1.54, 1.807) is 0 Å². The smallest absolute Gasteiger partial charge is 0.0471 e. The fraction of sp³-hybridized carbons (Fsp3) is 0.200. The highest BCUT2D eigenvalue weighted by molar-refractivity contribution is 9.10. The Morgan fingerprint density at radius 3 is 3.08 bits per heavy atom. The first-order valence-electron chi connectivity index (χ1n) is 4.34. The second-order valence-corrected chi connectivity index (χ2v) is 4.29. The molecule has 0 atom stereocenters. The lowest BCUT2D eigenvalue weighted by Crippen LogP contribution is -2.01. The monoisotopic (exact) mass is 236 g/mol. The molecule has 0 fully saturated rings. The summed E-state index contributed by atoms with van der Waals surface area (Å²) in [5.74, 6) is 0. The number of rotatable bonds is 0. The average molecular weight is 237 g/mol. The highest BCUT2D eigenvalue weighted by Gasteiger charge is 2.15. The van der Waals surface area contributed by atoms with E-state index in [-0.39, 0.29) is 0 Å². The predicted molar refractivity (Wildman–Crippen MR) is 56.5 cm³/mol. The lowest BCUT2D eigenvalue weighted by molar-refractivity contribution is 0.757. The third-order valence-corrected chi connectivity index (χ3v) is 3.05. The number of halogens is 1. The quantitative estimate of drug-likeness (QED) is 0.723. The molecule has 1 aromatic heterocycles. The van der Waals surface area contributed by atoms with Crippen LogP contribution in [0.15, 0.2) is 22.7 Å². The Kier molecular flexibility index (Phi) is 1.51. The third kappa shape index (κ3) is 1.04. The van der Waals surface area contributed by atoms with Crippen molar-refractivity contribution < 1.29 is 0 Å². The SMILES string of the molecule is Brc1ccc2c3c([nH]c2c1)CNC3. The molecule has 3 rings (SSSR count). The van der Waals surface area contributed by atoms with Crippen LogP contribution in [0.1, 0.15) is 11.3 Å². The summed E-state index contributed by atoms with van der Waals surface area (Å²) >= 11 is 3.47. The van der Waals surface area contributed by atoms with E-state index >= 15 is 0 Å². The maximum absolute atomic E-state index is 3.47. The van der Waals surface area contributed by atoms with E-state index in [4.69, 9.17) is 0 Å². The minimum Gasteiger partial charge on any atom is -0.357 e. The summed E-state index contributed by atoms with van der Waals surface area (Å²) in [5.41, 5.74) is 4.01. The zero-order chi connectivity index (χ0) is 8.84. The number of aromatic amines is 1. The molecule has 2 N–H and O–H groups in total. The number of hydrogen-bond donors (Lipinski definition) is 2. The first kappa shape index (κ1) is 7.59. The van der Waals surface area contributed by atoms with Crippen molar-refractivity contribution >= 4 is 26.8 Å². The maximum atomic E-state index is 3.47. The van der Waals surface area contributed by atoms with Gasteiger partial charge in [-0.2, -0.15) is 0 Å². The molecule has 0 spiro atoms. The molecule has 0 saturated heterocycles. The van der Waals surface area contributed by atoms with Crippen molar-refractivity contribution in [3.63, 3.8) is 0 Å². The third-order valence-electron chi connectivity index (χ3n) is 2.56. The van der Waals surface area contributed by atoms with Gasteiger partial charge in [0.15, 0.2) is 0 Å². The van der Waals surface area contributed by atoms with Crippen LogP contribution in [-0.4, -0.2) is 4.98 Å². The van der Waals surface area contributed by atoms with Crippen molar-refractivity contribution in [3.05, 3.63) is 33.9 Å². The molecule has 1 aromatic carbocycles. The highest BCUT2D eigenvalue weighted by atomic mass is 79.9. The Morgan fingerprint density at radius 1 is 1.23 bits per heavy atom. The van der Waals surface area contributed by atoms with Crippen LogP contribution in [0.2, 0.25) is 0 Å². The number of fused-ring (bicyclic) bond motifs is 3. The highest BCUT2D eigenvalue weighted by Crippen LogP contribution is 2.27. The standard InChI is InChI=1S/C10H9BrN2/c11-6-1-2-7-8-4-12-5-10(8)13-9(7)3-6/h1-3,12-13H,4-5H2. The topological polar surface area (TPSA) is 27.8 Å². The summed E-state index contributed by atoms with van der Waals surface area (Å²) in [4.78, 5) is 3.42. The lowest BCUT2D eigenvalue weighted by atomic mass is 10.1. The Bertz CT molecular complexity index is 473. The van der Waals surface area contributed by atoms with Gasteiger partial charge in [-0.3, -0.25) is 0 Å². The number of hydrogen-bond acceptors (Lipinski definition) is 1. The number of nitrogens with one attached hydrogen (secondary N) is 2. The zero-order valence-electron chi connectivity index (χ0n) is 7.02. The Hall–Kier alpha value is -0.800. The molecule has 3 heteroatoms. The summed E-state index contributed by atoms with van der Waals surface area (Å²) in [6, 6.07) is 6.39. The van der Waals surface area contributed by atoms with Gasteiger partial charge in [0.05, 0.1) is 0 Å². The summed E-state index contributed by atoms with van der Waals surface area (Å²) in [7, 11) is 0. The van der Waals surface area contributed by atoms with Crippen LogP contribution in [0, 0.1) is 0 Å². The van der Waals surface area contributed by atoms with E-state index in [9.17, 15) is 0 Å². The van der Waals surface area contributed by atoms with Gasteiger partial charge in [-0.15, -0.1) is 0 Å². The van der Waals surface area contributed by atoms with Crippen LogP contribution in [0.4, 0.5) is 0 Å². The van der Waals surface area contributed by atoms with Gasteiger partial charge in [0, 0.05) is 34.2 Å². The first-order chi connectivity index (χ1) is 6.34. The van der Waals surface area contributed by atoms with Crippen LogP contribution < -0.4 is 5.32 Å². The molecule has 0 amide bonds. The molecular weight excluding hydrogens is 228 g/mol. The van der Waals surface area contributed by atoms with Crippen LogP contribution in [-0.2, 0) is 13.1 Å². The van der Waals surface area contributed by atoms with Gasteiger partial charge < -0.3 is 10.3 Å². The van der Waals surface area contributed by atoms with Gasteiger partial charge in [0.25, 0.3) is 0 Å². The molecule has 0 unspecified atom stereocenters. The van der Waals surface area contributed by atoms with Crippen LogP contribution in [0.5, 0.6) is 0 Å². The second-order valence-electron chi connectivity index (χ2n) is 3.38. The van der Waals surface area contributed by atoms with E-state index in [1.165, 1.54) is 22.2 Å². The largest absolute Gasteiger partial charge is 0.357 e. The lowest BCUT2D eigenvalue weighted by Gasteiger charge is -1.94. The van der Waals surface area contributed by atoms with Crippen molar-refractivity contribution in [2.75, 3.05) is 0 Å². The molecule has 66 valence electrons. The number of H-pyrrole nitrogens is 1. The van der Waals surface area contributed by atoms with Gasteiger partial charge in [-0.05, 0) is 17.7 Å². The van der Waals surface area contributed by atoms with Crippen LogP contribution in [0.3, 0.4) is 0 Å². The summed E-state index contributed by atoms with van der Waals surface area (Å²) in [6.45, 7) is 1.97. The molecule has 13 heavy (non-hydrogen) atoms. The van der Waals surface area contributed by atoms with E-state index in [0.29, 0.717) is 0 Å². The van der Waals surface area contributed by atoms with Gasteiger partial charge in [0.2, 0.25) is 0 Å². The van der Waals surface area contributed by atoms with Crippen molar-refractivity contribution in [1.29, 1.82) is 0 Å². The van der Waals surface area contributed by atoms with E-state index in [0.717, 1.165) is 17.6 Å². The minimum atomic E-state index is 0.974. The van der Waals surface area contributed by atoms with Gasteiger partial charge in [-0.1, -0.05) is 22.0 Å². The van der Waals surface area contributed by atoms with Crippen molar-refractivity contribution in [1.82, 2.24) is 10.3 Å².